The second kappa shape index (κ2) is 33.5. The fourth-order valence-corrected chi connectivity index (χ4v) is 6.04. The van der Waals surface area contributed by atoms with Crippen molar-refractivity contribution in [3.63, 3.8) is 0 Å². The number of esters is 2. The molecule has 0 aromatic heterocycles. The predicted molar refractivity (Wildman–Crippen MR) is 194 cm³/mol. The zero-order valence-electron chi connectivity index (χ0n) is 31.0. The Bertz CT molecular complexity index is 712. The van der Waals surface area contributed by atoms with Crippen LogP contribution >= 0.6 is 0 Å². The fraction of sp³-hybridized carbons (Fsp3) is 0.925. The first-order chi connectivity index (χ1) is 22.4. The van der Waals surface area contributed by atoms with Crippen LogP contribution in [0, 0.1) is 0 Å². The van der Waals surface area contributed by atoms with E-state index in [1.807, 2.05) is 0 Å². The van der Waals surface area contributed by atoms with Crippen LogP contribution in [-0.4, -0.2) is 36.5 Å². The third kappa shape index (κ3) is 26.6. The Morgan fingerprint density at radius 3 is 1.11 bits per heavy atom. The molecule has 272 valence electrons. The maximum atomic E-state index is 13.3. The lowest BCUT2D eigenvalue weighted by Crippen LogP contribution is -2.57. The number of nitrogens with two attached hydrogens (primary N) is 1. The Hall–Kier alpha value is -1.43. The second-order valence-electron chi connectivity index (χ2n) is 13.9. The predicted octanol–water partition coefficient (Wildman–Crippen LogP) is 11.5. The molecule has 0 bridgehead atoms. The molecule has 0 heterocycles. The number of unbranched alkanes of at least 4 members (excludes halogenated alkanes) is 26. The summed E-state index contributed by atoms with van der Waals surface area (Å²) in [7, 11) is 0. The van der Waals surface area contributed by atoms with Gasteiger partial charge in [-0.3, -0.25) is 9.59 Å². The molecular weight excluding hydrogens is 574 g/mol. The van der Waals surface area contributed by atoms with E-state index < -0.39 is 29.7 Å². The quantitative estimate of drug-likeness (QED) is 0.0411. The number of ether oxygens (including phenoxy) is 2. The molecule has 6 heteroatoms. The summed E-state index contributed by atoms with van der Waals surface area (Å²) in [4.78, 5) is 39.1. The summed E-state index contributed by atoms with van der Waals surface area (Å²) in [6.45, 7) is 7.20. The highest BCUT2D eigenvalue weighted by Crippen LogP contribution is 2.19. The van der Waals surface area contributed by atoms with Gasteiger partial charge in [-0.15, -0.1) is 0 Å². The van der Waals surface area contributed by atoms with Gasteiger partial charge in [0, 0.05) is 6.42 Å². The van der Waals surface area contributed by atoms with E-state index in [-0.39, 0.29) is 13.0 Å². The number of hydrogen-bond donors (Lipinski definition) is 1. The molecule has 2 N–H and O–H groups in total. The number of carbonyl (C=O) groups excluding carboxylic acids is 3. The molecule has 1 atom stereocenters. The van der Waals surface area contributed by atoms with Crippen LogP contribution in [0.3, 0.4) is 0 Å². The summed E-state index contributed by atoms with van der Waals surface area (Å²) >= 11 is 0. The van der Waals surface area contributed by atoms with Crippen molar-refractivity contribution < 1.29 is 23.9 Å². The molecule has 0 saturated heterocycles. The van der Waals surface area contributed by atoms with Crippen molar-refractivity contribution in [3.05, 3.63) is 0 Å². The van der Waals surface area contributed by atoms with E-state index in [1.54, 1.807) is 0 Å². The van der Waals surface area contributed by atoms with Gasteiger partial charge in [-0.1, -0.05) is 188 Å². The minimum Gasteiger partial charge on any atom is -0.466 e. The number of carbonyl (C=O) groups is 3. The first-order valence-corrected chi connectivity index (χ1v) is 20.1. The normalized spacial score (nSPS) is 12.6. The van der Waals surface area contributed by atoms with E-state index in [9.17, 15) is 14.4 Å². The van der Waals surface area contributed by atoms with Crippen molar-refractivity contribution in [1.82, 2.24) is 0 Å². The average molecular weight is 652 g/mol. The molecule has 0 fully saturated rings. The third-order valence-electron chi connectivity index (χ3n) is 9.28. The molecule has 46 heavy (non-hydrogen) atoms. The first-order valence-electron chi connectivity index (χ1n) is 20.1. The SMILES string of the molecule is CCCCCCCCCCCCCCCC(=O)[C@](N)(CC(=O)OCCCCCCCCCCCC)C(=O)OCCCCCCCC. The molecule has 0 unspecified atom stereocenters. The lowest BCUT2D eigenvalue weighted by atomic mass is 9.88. The number of ketones is 1. The van der Waals surface area contributed by atoms with Crippen molar-refractivity contribution in [2.45, 2.75) is 225 Å². The summed E-state index contributed by atoms with van der Waals surface area (Å²) in [5.41, 5.74) is 4.45. The molecule has 6 nitrogen and oxygen atoms in total. The van der Waals surface area contributed by atoms with Crippen molar-refractivity contribution in [3.8, 4) is 0 Å². The molecule has 0 aromatic carbocycles. The number of rotatable bonds is 36. The minimum absolute atomic E-state index is 0.187. The molecule has 0 aliphatic carbocycles. The Morgan fingerprint density at radius 2 is 0.739 bits per heavy atom. The number of hydrogen-bond acceptors (Lipinski definition) is 6. The lowest BCUT2D eigenvalue weighted by Gasteiger charge is -2.25. The summed E-state index contributed by atoms with van der Waals surface area (Å²) in [6, 6.07) is 0. The van der Waals surface area contributed by atoms with E-state index in [0.29, 0.717) is 13.0 Å². The van der Waals surface area contributed by atoms with Crippen LogP contribution < -0.4 is 5.73 Å². The maximum absolute atomic E-state index is 13.3. The van der Waals surface area contributed by atoms with E-state index in [4.69, 9.17) is 15.2 Å². The van der Waals surface area contributed by atoms with Crippen LogP contribution in [0.15, 0.2) is 0 Å². The Balaban J connectivity index is 4.48. The van der Waals surface area contributed by atoms with Gasteiger partial charge >= 0.3 is 11.9 Å². The Labute approximate surface area is 285 Å². The summed E-state index contributed by atoms with van der Waals surface area (Å²) in [5.74, 6) is -1.77. The van der Waals surface area contributed by atoms with Gasteiger partial charge in [-0.2, -0.15) is 0 Å². The summed E-state index contributed by atoms with van der Waals surface area (Å²) < 4.78 is 10.9. The lowest BCUT2D eigenvalue weighted by molar-refractivity contribution is -0.160. The molecule has 0 spiro atoms. The van der Waals surface area contributed by atoms with Crippen molar-refractivity contribution in [2.24, 2.45) is 5.73 Å². The van der Waals surface area contributed by atoms with Gasteiger partial charge in [0.25, 0.3) is 0 Å². The van der Waals surface area contributed by atoms with Crippen LogP contribution in [0.5, 0.6) is 0 Å². The average Bonchev–Trinajstić information content (AvgIpc) is 3.05. The van der Waals surface area contributed by atoms with E-state index in [1.165, 1.54) is 128 Å². The van der Waals surface area contributed by atoms with Crippen molar-refractivity contribution >= 4 is 17.7 Å². The van der Waals surface area contributed by atoms with E-state index >= 15 is 0 Å². The zero-order chi connectivity index (χ0) is 34.0. The zero-order valence-corrected chi connectivity index (χ0v) is 31.0. The smallest absolute Gasteiger partial charge is 0.334 e. The first kappa shape index (κ1) is 44.6. The molecule has 0 aliphatic rings. The Kier molecular flexibility index (Phi) is 32.4. The van der Waals surface area contributed by atoms with Gasteiger partial charge in [0.2, 0.25) is 0 Å². The van der Waals surface area contributed by atoms with E-state index in [2.05, 4.69) is 20.8 Å². The topological polar surface area (TPSA) is 95.7 Å². The van der Waals surface area contributed by atoms with Gasteiger partial charge < -0.3 is 15.2 Å². The van der Waals surface area contributed by atoms with E-state index in [0.717, 1.165) is 51.4 Å². The second-order valence-corrected chi connectivity index (χ2v) is 13.9. The Morgan fingerprint density at radius 1 is 0.435 bits per heavy atom. The summed E-state index contributed by atoms with van der Waals surface area (Å²) in [5, 5.41) is 0. The fourth-order valence-electron chi connectivity index (χ4n) is 6.04. The van der Waals surface area contributed by atoms with Crippen molar-refractivity contribution in [2.75, 3.05) is 13.2 Å². The molecule has 0 saturated carbocycles. The highest BCUT2D eigenvalue weighted by Gasteiger charge is 2.45. The van der Waals surface area contributed by atoms with Gasteiger partial charge in [-0.05, 0) is 19.3 Å². The van der Waals surface area contributed by atoms with Gasteiger partial charge in [0.15, 0.2) is 11.3 Å². The summed E-state index contributed by atoms with van der Waals surface area (Å²) in [6.07, 6.45) is 33.9. The minimum atomic E-state index is -1.96. The van der Waals surface area contributed by atoms with Crippen LogP contribution in [0.25, 0.3) is 0 Å². The monoisotopic (exact) mass is 652 g/mol. The molecule has 0 amide bonds. The van der Waals surface area contributed by atoms with Crippen LogP contribution in [0.1, 0.15) is 220 Å². The molecule has 0 rings (SSSR count). The standard InChI is InChI=1S/C40H77NO5/c1-4-7-10-13-16-18-20-21-22-23-25-27-30-33-37(42)40(41,39(44)46-35-32-28-15-12-9-6-3)36-38(43)45-34-31-29-26-24-19-17-14-11-8-5-2/h4-36,41H2,1-3H3/t40-/m1/s1. The van der Waals surface area contributed by atoms with Crippen LogP contribution in [-0.2, 0) is 23.9 Å². The van der Waals surface area contributed by atoms with Crippen LogP contribution in [0.4, 0.5) is 0 Å². The maximum Gasteiger partial charge on any atom is 0.334 e. The number of Topliss-reactive ketones (excluding diaryl/α,β-unsaturated/α-hetero) is 1. The largest absolute Gasteiger partial charge is 0.466 e. The van der Waals surface area contributed by atoms with Gasteiger partial charge in [-0.25, -0.2) is 4.79 Å². The molecule has 0 aliphatic heterocycles. The third-order valence-corrected chi connectivity index (χ3v) is 9.28. The molecule has 0 aromatic rings. The molecular formula is C40H77NO5. The van der Waals surface area contributed by atoms with Crippen LogP contribution in [0.2, 0.25) is 0 Å². The highest BCUT2D eigenvalue weighted by molar-refractivity contribution is 6.10. The highest BCUT2D eigenvalue weighted by atomic mass is 16.5. The van der Waals surface area contributed by atoms with Crippen molar-refractivity contribution in [1.29, 1.82) is 0 Å². The van der Waals surface area contributed by atoms with Gasteiger partial charge in [0.1, 0.15) is 0 Å². The molecule has 0 radical (unpaired) electrons. The van der Waals surface area contributed by atoms with Gasteiger partial charge in [0.05, 0.1) is 19.6 Å².